The Bertz CT molecular complexity index is 1490. The van der Waals surface area contributed by atoms with Crippen LogP contribution in [0.25, 0.3) is 10.9 Å². The number of carboxylic acids is 1. The monoisotopic (exact) mass is 606 g/mol. The first-order chi connectivity index (χ1) is 21.1. The van der Waals surface area contributed by atoms with Crippen LogP contribution in [0, 0.1) is 0 Å². The van der Waals surface area contributed by atoms with Gasteiger partial charge in [0.15, 0.2) is 0 Å². The van der Waals surface area contributed by atoms with Crippen molar-refractivity contribution in [3.05, 3.63) is 71.9 Å². The number of hydrogen-bond donors (Lipinski definition) is 7. The number of rotatable bonds is 13. The number of benzene rings is 2. The van der Waals surface area contributed by atoms with Gasteiger partial charge in [0.05, 0.1) is 12.6 Å². The van der Waals surface area contributed by atoms with Gasteiger partial charge >= 0.3 is 5.97 Å². The van der Waals surface area contributed by atoms with Crippen molar-refractivity contribution in [1.82, 2.24) is 25.8 Å². The molecule has 234 valence electrons. The summed E-state index contributed by atoms with van der Waals surface area (Å²) in [5.74, 6) is -3.83. The maximum Gasteiger partial charge on any atom is 0.326 e. The largest absolute Gasteiger partial charge is 0.480 e. The number of nitrogens with two attached hydrogens (primary N) is 1. The van der Waals surface area contributed by atoms with E-state index in [1.54, 1.807) is 6.20 Å². The normalized spacial score (nSPS) is 17.3. The number of hydrogen-bond acceptors (Lipinski definition) is 7. The van der Waals surface area contributed by atoms with Crippen LogP contribution in [-0.2, 0) is 36.8 Å². The van der Waals surface area contributed by atoms with Crippen molar-refractivity contribution in [2.75, 3.05) is 13.2 Å². The van der Waals surface area contributed by atoms with Gasteiger partial charge in [-0.2, -0.15) is 0 Å². The number of nitrogens with zero attached hydrogens (tertiary/aromatic N) is 1. The molecule has 0 bridgehead atoms. The zero-order chi connectivity index (χ0) is 31.8. The first-order valence-electron chi connectivity index (χ1n) is 14.5. The molecule has 1 aliphatic rings. The van der Waals surface area contributed by atoms with E-state index in [0.29, 0.717) is 18.4 Å². The number of para-hydroxylation sites is 1. The number of aliphatic carboxylic acids is 1. The molecule has 13 nitrogen and oxygen atoms in total. The van der Waals surface area contributed by atoms with E-state index < -0.39 is 66.4 Å². The van der Waals surface area contributed by atoms with Crippen molar-refractivity contribution in [3.63, 3.8) is 0 Å². The van der Waals surface area contributed by atoms with Crippen LogP contribution in [0.5, 0.6) is 0 Å². The number of carbonyl (C=O) groups is 5. The van der Waals surface area contributed by atoms with Gasteiger partial charge < -0.3 is 41.8 Å². The average molecular weight is 607 g/mol. The summed E-state index contributed by atoms with van der Waals surface area (Å²) in [5.41, 5.74) is 8.41. The third-order valence-electron chi connectivity index (χ3n) is 7.73. The van der Waals surface area contributed by atoms with Crippen LogP contribution in [0.1, 0.15) is 30.9 Å². The van der Waals surface area contributed by atoms with Gasteiger partial charge in [0.2, 0.25) is 23.6 Å². The summed E-state index contributed by atoms with van der Waals surface area (Å²) in [5, 5.41) is 27.9. The molecule has 4 amide bonds. The fourth-order valence-corrected chi connectivity index (χ4v) is 5.35. The number of aromatic nitrogens is 1. The Morgan fingerprint density at radius 1 is 0.955 bits per heavy atom. The Kier molecular flexibility index (Phi) is 10.7. The van der Waals surface area contributed by atoms with Crippen LogP contribution in [0.4, 0.5) is 0 Å². The van der Waals surface area contributed by atoms with Crippen molar-refractivity contribution in [1.29, 1.82) is 0 Å². The molecule has 4 rings (SSSR count). The first kappa shape index (κ1) is 32.2. The summed E-state index contributed by atoms with van der Waals surface area (Å²) < 4.78 is 0. The maximum atomic E-state index is 13.2. The number of aliphatic hydroxyl groups is 1. The third kappa shape index (κ3) is 7.79. The predicted molar refractivity (Wildman–Crippen MR) is 161 cm³/mol. The number of H-pyrrole nitrogens is 1. The summed E-state index contributed by atoms with van der Waals surface area (Å²) >= 11 is 0. The molecule has 0 saturated carbocycles. The molecule has 2 heterocycles. The van der Waals surface area contributed by atoms with Crippen LogP contribution < -0.4 is 21.7 Å². The summed E-state index contributed by atoms with van der Waals surface area (Å²) in [6.45, 7) is 0.977. The summed E-state index contributed by atoms with van der Waals surface area (Å²) in [6, 6.07) is 11.0. The SMILES string of the molecule is C[C@H](NC(=O)[C@@H](N)Cc1ccccc1)C(=O)N1CCC[C@H]1C(=O)N[C@@H](CO)C(=O)N[C@@H](Cc1c[nH]c2ccccc12)C(=O)O. The zero-order valence-corrected chi connectivity index (χ0v) is 24.4. The van der Waals surface area contributed by atoms with Crippen molar-refractivity contribution < 1.29 is 34.2 Å². The molecule has 8 N–H and O–H groups in total. The zero-order valence-electron chi connectivity index (χ0n) is 24.4. The molecular formula is C31H38N6O7. The maximum absolute atomic E-state index is 13.2. The van der Waals surface area contributed by atoms with Gasteiger partial charge in [-0.15, -0.1) is 0 Å². The van der Waals surface area contributed by atoms with Crippen LogP contribution in [0.2, 0.25) is 0 Å². The molecule has 5 atom stereocenters. The minimum Gasteiger partial charge on any atom is -0.480 e. The summed E-state index contributed by atoms with van der Waals surface area (Å²) in [7, 11) is 0. The molecule has 1 fully saturated rings. The number of fused-ring (bicyclic) bond motifs is 1. The summed E-state index contributed by atoms with van der Waals surface area (Å²) in [4.78, 5) is 68.4. The summed E-state index contributed by atoms with van der Waals surface area (Å²) in [6.07, 6.45) is 2.76. The standard InChI is InChI=1S/C31H38N6O7/c1-18(34-27(39)22(32)14-19-8-3-2-4-9-19)30(42)37-13-7-12-26(37)29(41)36-25(17-38)28(40)35-24(31(43)44)15-20-16-33-23-11-6-5-10-21(20)23/h2-6,8-11,16,18,22,24-26,33,38H,7,12-15,17,32H2,1H3,(H,34,39)(H,35,40)(H,36,41)(H,43,44)/t18-,22-,24-,25-,26-/m0/s1. The molecular weight excluding hydrogens is 568 g/mol. The highest BCUT2D eigenvalue weighted by Crippen LogP contribution is 2.20. The van der Waals surface area contributed by atoms with E-state index in [4.69, 9.17) is 5.73 Å². The lowest BCUT2D eigenvalue weighted by atomic mass is 10.0. The Hall–Kier alpha value is -4.75. The number of carbonyl (C=O) groups excluding carboxylic acids is 4. The molecule has 1 aliphatic heterocycles. The molecule has 0 aliphatic carbocycles. The molecule has 13 heteroatoms. The van der Waals surface area contributed by atoms with Gasteiger partial charge in [-0.25, -0.2) is 4.79 Å². The number of amides is 4. The number of aliphatic hydroxyl groups excluding tert-OH is 1. The second-order valence-electron chi connectivity index (χ2n) is 10.9. The van der Waals surface area contributed by atoms with Crippen LogP contribution in [0.3, 0.4) is 0 Å². The van der Waals surface area contributed by atoms with Gasteiger partial charge in [-0.1, -0.05) is 48.5 Å². The lowest BCUT2D eigenvalue weighted by Gasteiger charge is -2.29. The number of nitrogens with one attached hydrogen (secondary N) is 4. The third-order valence-corrected chi connectivity index (χ3v) is 7.73. The second kappa shape index (κ2) is 14.6. The Morgan fingerprint density at radius 2 is 1.66 bits per heavy atom. The van der Waals surface area contributed by atoms with Crippen molar-refractivity contribution in [2.24, 2.45) is 5.73 Å². The molecule has 0 unspecified atom stereocenters. The topological polar surface area (TPSA) is 207 Å². The number of likely N-dealkylation sites (tertiary alicyclic amines) is 1. The first-order valence-corrected chi connectivity index (χ1v) is 14.5. The lowest BCUT2D eigenvalue weighted by molar-refractivity contribution is -0.143. The molecule has 0 spiro atoms. The number of carboxylic acid groups (broad SMARTS) is 1. The van der Waals surface area contributed by atoms with Gasteiger partial charge in [-0.05, 0) is 43.4 Å². The minimum atomic E-state index is -1.45. The number of aromatic amines is 1. The van der Waals surface area contributed by atoms with E-state index in [0.717, 1.165) is 16.5 Å². The lowest BCUT2D eigenvalue weighted by Crippen LogP contribution is -2.58. The highest BCUT2D eigenvalue weighted by molar-refractivity contribution is 5.96. The van der Waals surface area contributed by atoms with Gasteiger partial charge in [-0.3, -0.25) is 19.2 Å². The molecule has 0 radical (unpaired) electrons. The Balaban J connectivity index is 1.33. The van der Waals surface area contributed by atoms with Gasteiger partial charge in [0.25, 0.3) is 0 Å². The van der Waals surface area contributed by atoms with Crippen molar-refractivity contribution in [2.45, 2.75) is 62.8 Å². The van der Waals surface area contributed by atoms with Crippen molar-refractivity contribution in [3.8, 4) is 0 Å². The van der Waals surface area contributed by atoms with E-state index in [9.17, 15) is 34.2 Å². The minimum absolute atomic E-state index is 0.0271. The van der Waals surface area contributed by atoms with E-state index in [1.165, 1.54) is 11.8 Å². The fourth-order valence-electron chi connectivity index (χ4n) is 5.35. The van der Waals surface area contributed by atoms with E-state index in [-0.39, 0.29) is 19.4 Å². The molecule has 3 aromatic rings. The van der Waals surface area contributed by atoms with E-state index in [2.05, 4.69) is 20.9 Å². The van der Waals surface area contributed by atoms with Crippen LogP contribution in [0.15, 0.2) is 60.8 Å². The second-order valence-corrected chi connectivity index (χ2v) is 10.9. The Morgan fingerprint density at radius 3 is 2.36 bits per heavy atom. The molecule has 1 aromatic heterocycles. The van der Waals surface area contributed by atoms with Gasteiger partial charge in [0, 0.05) is 30.1 Å². The highest BCUT2D eigenvalue weighted by Gasteiger charge is 2.38. The van der Waals surface area contributed by atoms with Crippen LogP contribution >= 0.6 is 0 Å². The van der Waals surface area contributed by atoms with Crippen LogP contribution in [-0.4, -0.2) is 93.1 Å². The van der Waals surface area contributed by atoms with Crippen molar-refractivity contribution >= 4 is 40.5 Å². The Labute approximate surface area is 254 Å². The fraction of sp³-hybridized carbons (Fsp3) is 0.387. The van der Waals surface area contributed by atoms with Gasteiger partial charge in [0.1, 0.15) is 24.2 Å². The molecule has 44 heavy (non-hydrogen) atoms. The molecule has 1 saturated heterocycles. The highest BCUT2D eigenvalue weighted by atomic mass is 16.4. The smallest absolute Gasteiger partial charge is 0.326 e. The van der Waals surface area contributed by atoms with E-state index in [1.807, 2.05) is 54.6 Å². The quantitative estimate of drug-likeness (QED) is 0.139. The predicted octanol–water partition coefficient (Wildman–Crippen LogP) is -0.177. The molecule has 2 aromatic carbocycles. The van der Waals surface area contributed by atoms with E-state index >= 15 is 0 Å². The average Bonchev–Trinajstić information content (AvgIpc) is 3.67.